The van der Waals surface area contributed by atoms with E-state index < -0.39 is 0 Å². The number of amides is 2. The number of nitrogens with zero attached hydrogens (tertiary/aromatic N) is 1. The number of nitrogens with one attached hydrogen (secondary N) is 1. The van der Waals surface area contributed by atoms with Crippen LogP contribution >= 0.6 is 0 Å². The number of carbonyl (C=O) groups is 1. The molecule has 1 aliphatic rings. The van der Waals surface area contributed by atoms with Gasteiger partial charge in [-0.25, -0.2) is 4.79 Å². The molecule has 1 aromatic carbocycles. The summed E-state index contributed by atoms with van der Waals surface area (Å²) in [4.78, 5) is 14.2. The van der Waals surface area contributed by atoms with Crippen molar-refractivity contribution in [1.29, 1.82) is 0 Å². The maximum Gasteiger partial charge on any atom is 0.322 e. The molecule has 0 atom stereocenters. The molecule has 1 aromatic heterocycles. The van der Waals surface area contributed by atoms with Gasteiger partial charge in [0.05, 0.1) is 12.8 Å². The minimum Gasteiger partial charge on any atom is -0.467 e. The van der Waals surface area contributed by atoms with Crippen LogP contribution in [0.2, 0.25) is 0 Å². The molecule has 1 aliphatic carbocycles. The molecule has 2 amide bonds. The van der Waals surface area contributed by atoms with Gasteiger partial charge in [0.25, 0.3) is 0 Å². The molecule has 1 fully saturated rings. The molecule has 4 nitrogen and oxygen atoms in total. The third-order valence-corrected chi connectivity index (χ3v) is 3.46. The Morgan fingerprint density at radius 1 is 1.30 bits per heavy atom. The summed E-state index contributed by atoms with van der Waals surface area (Å²) in [6, 6.07) is 11.8. The van der Waals surface area contributed by atoms with Crippen LogP contribution in [0, 0.1) is 6.92 Å². The summed E-state index contributed by atoms with van der Waals surface area (Å²) in [5, 5.41) is 2.95. The van der Waals surface area contributed by atoms with Gasteiger partial charge in [-0.1, -0.05) is 17.7 Å². The third-order valence-electron chi connectivity index (χ3n) is 3.46. The lowest BCUT2D eigenvalue weighted by atomic mass is 10.2. The van der Waals surface area contributed by atoms with E-state index in [1.54, 1.807) is 6.26 Å². The molecular weight excluding hydrogens is 252 g/mol. The van der Waals surface area contributed by atoms with Crippen LogP contribution in [-0.2, 0) is 6.54 Å². The first-order chi connectivity index (χ1) is 9.72. The Morgan fingerprint density at radius 2 is 2.05 bits per heavy atom. The zero-order chi connectivity index (χ0) is 13.9. The highest BCUT2D eigenvalue weighted by Gasteiger charge is 2.33. The Kier molecular flexibility index (Phi) is 3.46. The van der Waals surface area contributed by atoms with E-state index in [-0.39, 0.29) is 6.03 Å². The second kappa shape index (κ2) is 5.41. The van der Waals surface area contributed by atoms with Crippen LogP contribution in [0.1, 0.15) is 24.2 Å². The minimum atomic E-state index is -0.0623. The van der Waals surface area contributed by atoms with E-state index in [0.717, 1.165) is 24.3 Å². The van der Waals surface area contributed by atoms with Crippen molar-refractivity contribution in [3.63, 3.8) is 0 Å². The van der Waals surface area contributed by atoms with Gasteiger partial charge < -0.3 is 14.6 Å². The molecule has 0 bridgehead atoms. The molecule has 0 spiro atoms. The summed E-state index contributed by atoms with van der Waals surface area (Å²) in [5.41, 5.74) is 2.00. The maximum absolute atomic E-state index is 12.4. The standard InChI is InChI=1S/C16H18N2O2/c1-12-4-6-13(7-5-12)17-16(19)18(14-8-9-14)11-15-3-2-10-20-15/h2-7,10,14H,8-9,11H2,1H3,(H,17,19). The van der Waals surface area contributed by atoms with E-state index in [4.69, 9.17) is 4.42 Å². The van der Waals surface area contributed by atoms with Crippen LogP contribution in [0.15, 0.2) is 47.1 Å². The highest BCUT2D eigenvalue weighted by Crippen LogP contribution is 2.29. The average molecular weight is 270 g/mol. The Bertz CT molecular complexity index is 571. The predicted molar refractivity (Wildman–Crippen MR) is 77.5 cm³/mol. The monoisotopic (exact) mass is 270 g/mol. The average Bonchev–Trinajstić information content (AvgIpc) is 3.15. The quantitative estimate of drug-likeness (QED) is 0.918. The van der Waals surface area contributed by atoms with Gasteiger partial charge >= 0.3 is 6.03 Å². The number of carbonyl (C=O) groups excluding carboxylic acids is 1. The van der Waals surface area contributed by atoms with Crippen LogP contribution in [0.5, 0.6) is 0 Å². The summed E-state index contributed by atoms with van der Waals surface area (Å²) in [6.07, 6.45) is 3.78. The van der Waals surface area contributed by atoms with Gasteiger partial charge in [0.1, 0.15) is 5.76 Å². The van der Waals surface area contributed by atoms with Crippen LogP contribution in [0.25, 0.3) is 0 Å². The van der Waals surface area contributed by atoms with E-state index in [2.05, 4.69) is 5.32 Å². The van der Waals surface area contributed by atoms with Gasteiger partial charge in [-0.15, -0.1) is 0 Å². The molecule has 1 heterocycles. The second-order valence-corrected chi connectivity index (χ2v) is 5.23. The van der Waals surface area contributed by atoms with Gasteiger partial charge in [-0.2, -0.15) is 0 Å². The van der Waals surface area contributed by atoms with Crippen molar-refractivity contribution in [1.82, 2.24) is 4.90 Å². The first kappa shape index (κ1) is 12.8. The lowest BCUT2D eigenvalue weighted by molar-refractivity contribution is 0.201. The summed E-state index contributed by atoms with van der Waals surface area (Å²) in [7, 11) is 0. The van der Waals surface area contributed by atoms with E-state index in [1.807, 2.05) is 48.2 Å². The van der Waals surface area contributed by atoms with Crippen LogP contribution in [0.3, 0.4) is 0 Å². The number of benzene rings is 1. The summed E-state index contributed by atoms with van der Waals surface area (Å²) in [5.74, 6) is 0.816. The van der Waals surface area contributed by atoms with Crippen LogP contribution in [-0.4, -0.2) is 17.0 Å². The second-order valence-electron chi connectivity index (χ2n) is 5.23. The van der Waals surface area contributed by atoms with Gasteiger partial charge in [-0.05, 0) is 44.0 Å². The van der Waals surface area contributed by atoms with Crippen molar-refractivity contribution >= 4 is 11.7 Å². The van der Waals surface area contributed by atoms with Crippen molar-refractivity contribution in [2.75, 3.05) is 5.32 Å². The van der Waals surface area contributed by atoms with Gasteiger partial charge in [0, 0.05) is 11.7 Å². The third kappa shape index (κ3) is 3.02. The molecule has 0 radical (unpaired) electrons. The first-order valence-corrected chi connectivity index (χ1v) is 6.89. The first-order valence-electron chi connectivity index (χ1n) is 6.89. The molecule has 0 aliphatic heterocycles. The molecule has 0 unspecified atom stereocenters. The van der Waals surface area contributed by atoms with Gasteiger partial charge in [0.2, 0.25) is 0 Å². The number of furan rings is 1. The summed E-state index contributed by atoms with van der Waals surface area (Å²) < 4.78 is 5.34. The number of anilines is 1. The Labute approximate surface area is 118 Å². The Hall–Kier alpha value is -2.23. The van der Waals surface area contributed by atoms with Crippen molar-refractivity contribution in [2.45, 2.75) is 32.4 Å². The molecule has 0 saturated heterocycles. The molecule has 2 aromatic rings. The van der Waals surface area contributed by atoms with Crippen LogP contribution < -0.4 is 5.32 Å². The smallest absolute Gasteiger partial charge is 0.322 e. The highest BCUT2D eigenvalue weighted by atomic mass is 16.3. The van der Waals surface area contributed by atoms with E-state index in [0.29, 0.717) is 12.6 Å². The fourth-order valence-corrected chi connectivity index (χ4v) is 2.16. The van der Waals surface area contributed by atoms with E-state index in [1.165, 1.54) is 5.56 Å². The van der Waals surface area contributed by atoms with Crippen molar-refractivity contribution < 1.29 is 9.21 Å². The predicted octanol–water partition coefficient (Wildman–Crippen LogP) is 3.78. The fraction of sp³-hybridized carbons (Fsp3) is 0.312. The molecule has 1 N–H and O–H groups in total. The zero-order valence-corrected chi connectivity index (χ0v) is 11.5. The maximum atomic E-state index is 12.4. The van der Waals surface area contributed by atoms with Gasteiger partial charge in [0.15, 0.2) is 0 Å². The zero-order valence-electron chi connectivity index (χ0n) is 11.5. The normalized spacial score (nSPS) is 14.1. The van der Waals surface area contributed by atoms with Crippen molar-refractivity contribution in [2.24, 2.45) is 0 Å². The molecule has 20 heavy (non-hydrogen) atoms. The molecule has 3 rings (SSSR count). The SMILES string of the molecule is Cc1ccc(NC(=O)N(Cc2ccco2)C2CC2)cc1. The molecular formula is C16H18N2O2. The topological polar surface area (TPSA) is 45.5 Å². The van der Waals surface area contributed by atoms with E-state index >= 15 is 0 Å². The molecule has 104 valence electrons. The lowest BCUT2D eigenvalue weighted by Crippen LogP contribution is -2.36. The highest BCUT2D eigenvalue weighted by molar-refractivity contribution is 5.89. The largest absolute Gasteiger partial charge is 0.467 e. The molecule has 1 saturated carbocycles. The number of rotatable bonds is 4. The van der Waals surface area contributed by atoms with E-state index in [9.17, 15) is 4.79 Å². The summed E-state index contributed by atoms with van der Waals surface area (Å²) >= 11 is 0. The minimum absolute atomic E-state index is 0.0623. The number of urea groups is 1. The molecule has 4 heteroatoms. The van der Waals surface area contributed by atoms with Crippen molar-refractivity contribution in [3.8, 4) is 0 Å². The van der Waals surface area contributed by atoms with Gasteiger partial charge in [-0.3, -0.25) is 0 Å². The Morgan fingerprint density at radius 3 is 2.65 bits per heavy atom. The number of hydrogen-bond donors (Lipinski definition) is 1. The number of aryl methyl sites for hydroxylation is 1. The number of hydrogen-bond acceptors (Lipinski definition) is 2. The van der Waals surface area contributed by atoms with Crippen molar-refractivity contribution in [3.05, 3.63) is 54.0 Å². The summed E-state index contributed by atoms with van der Waals surface area (Å²) in [6.45, 7) is 2.55. The lowest BCUT2D eigenvalue weighted by Gasteiger charge is -2.21. The Balaban J connectivity index is 1.67. The van der Waals surface area contributed by atoms with Crippen LogP contribution in [0.4, 0.5) is 10.5 Å². The fourth-order valence-electron chi connectivity index (χ4n) is 2.16.